The number of rotatable bonds is 3. The van der Waals surface area contributed by atoms with Crippen molar-refractivity contribution in [2.45, 2.75) is 78.6 Å². The summed E-state index contributed by atoms with van der Waals surface area (Å²) in [4.78, 5) is 1.85. The second-order valence-corrected chi connectivity index (χ2v) is 11.4. The first-order valence-corrected chi connectivity index (χ1v) is 11.1. The quantitative estimate of drug-likeness (QED) is 0.411. The summed E-state index contributed by atoms with van der Waals surface area (Å²) < 4.78 is 35.4. The smallest absolute Gasteiger partial charge is 0.0645 e. The minimum Gasteiger partial charge on any atom is -0.311 e. The molecule has 0 aromatic heterocycles. The molecule has 1 nitrogen and oxygen atoms in total. The molecule has 0 N–H and O–H groups in total. The third-order valence-electron chi connectivity index (χ3n) is 5.57. The lowest BCUT2D eigenvalue weighted by Crippen LogP contribution is -2.15. The lowest BCUT2D eigenvalue weighted by molar-refractivity contribution is 0.590. The Bertz CT molecular complexity index is 1120. The standard InChI is InChI=1S/C30H39N/c1-28(2,3)22-10-16-25(17-11-22)31(26-18-12-23(13-19-26)29(4,5)6)27-20-14-24(15-21-27)30(7,8)9/h10-21H,1-9H3/i10D,11D,16D,17D. The molecule has 1 heteroatoms. The van der Waals surface area contributed by atoms with Gasteiger partial charge in [0, 0.05) is 17.1 Å². The number of hydrogen-bond acceptors (Lipinski definition) is 1. The molecular formula is C30H39N. The zero-order valence-corrected chi connectivity index (χ0v) is 20.6. The summed E-state index contributed by atoms with van der Waals surface area (Å²) in [5.74, 6) is 0. The molecule has 164 valence electrons. The van der Waals surface area contributed by atoms with Crippen LogP contribution in [0.25, 0.3) is 0 Å². The normalized spacial score (nSPS) is 14.5. The highest BCUT2D eigenvalue weighted by Gasteiger charge is 2.19. The molecule has 3 aromatic rings. The van der Waals surface area contributed by atoms with Crippen LogP contribution in [0.4, 0.5) is 17.1 Å². The fourth-order valence-corrected chi connectivity index (χ4v) is 3.42. The fraction of sp³-hybridized carbons (Fsp3) is 0.400. The summed E-state index contributed by atoms with van der Waals surface area (Å²) in [6, 6.07) is 16.3. The van der Waals surface area contributed by atoms with Gasteiger partial charge in [-0.1, -0.05) is 98.7 Å². The SMILES string of the molecule is [2H]c1c([2H])c(C(C)(C)C)c([2H])c([2H])c1N(c1ccc(C(C)(C)C)cc1)c1ccc(C(C)(C)C)cc1. The van der Waals surface area contributed by atoms with Gasteiger partial charge in [-0.2, -0.15) is 0 Å². The Hall–Kier alpha value is -2.54. The lowest BCUT2D eigenvalue weighted by Gasteiger charge is -2.29. The second-order valence-electron chi connectivity index (χ2n) is 11.4. The molecule has 31 heavy (non-hydrogen) atoms. The summed E-state index contributed by atoms with van der Waals surface area (Å²) >= 11 is 0. The predicted octanol–water partition coefficient (Wildman–Crippen LogP) is 9.05. The van der Waals surface area contributed by atoms with E-state index in [4.69, 9.17) is 5.48 Å². The summed E-state index contributed by atoms with van der Waals surface area (Å²) in [6.07, 6.45) is 0. The molecule has 0 aliphatic carbocycles. The maximum Gasteiger partial charge on any atom is 0.0645 e. The molecule has 0 amide bonds. The fourth-order valence-electron chi connectivity index (χ4n) is 3.42. The van der Waals surface area contributed by atoms with E-state index in [9.17, 15) is 0 Å². The van der Waals surface area contributed by atoms with Gasteiger partial charge in [0.25, 0.3) is 0 Å². The van der Waals surface area contributed by atoms with E-state index in [1.165, 1.54) is 11.1 Å². The Morgan fingerprint density at radius 1 is 0.452 bits per heavy atom. The number of nitrogens with zero attached hydrogens (tertiary/aromatic N) is 1. The first-order chi connectivity index (χ1) is 15.9. The van der Waals surface area contributed by atoms with E-state index >= 15 is 0 Å². The highest BCUT2D eigenvalue weighted by atomic mass is 15.1. The van der Waals surface area contributed by atoms with Crippen LogP contribution < -0.4 is 4.90 Å². The molecule has 0 heterocycles. The van der Waals surface area contributed by atoms with Crippen LogP contribution in [0.1, 0.15) is 84.5 Å². The summed E-state index contributed by atoms with van der Waals surface area (Å²) in [5.41, 5.74) is 4.15. The average Bonchev–Trinajstić information content (AvgIpc) is 2.73. The average molecular weight is 418 g/mol. The number of anilines is 3. The van der Waals surface area contributed by atoms with Gasteiger partial charge in [0.2, 0.25) is 0 Å². The van der Waals surface area contributed by atoms with Crippen LogP contribution >= 0.6 is 0 Å². The summed E-state index contributed by atoms with van der Waals surface area (Å²) in [7, 11) is 0. The van der Waals surface area contributed by atoms with E-state index in [-0.39, 0.29) is 40.7 Å². The Labute approximate surface area is 195 Å². The van der Waals surface area contributed by atoms with Crippen LogP contribution in [0.3, 0.4) is 0 Å². The van der Waals surface area contributed by atoms with Crippen molar-refractivity contribution in [1.82, 2.24) is 0 Å². The van der Waals surface area contributed by atoms with Gasteiger partial charge in [0.05, 0.1) is 5.48 Å². The second kappa shape index (κ2) is 8.19. The van der Waals surface area contributed by atoms with E-state index in [1.54, 1.807) is 0 Å². The van der Waals surface area contributed by atoms with Gasteiger partial charge in [-0.15, -0.1) is 0 Å². The molecule has 0 saturated carbocycles. The van der Waals surface area contributed by atoms with Gasteiger partial charge >= 0.3 is 0 Å². The molecule has 0 saturated heterocycles. The van der Waals surface area contributed by atoms with Crippen LogP contribution in [-0.4, -0.2) is 0 Å². The Balaban J connectivity index is 2.31. The van der Waals surface area contributed by atoms with Gasteiger partial charge in [-0.3, -0.25) is 0 Å². The van der Waals surface area contributed by atoms with Crippen LogP contribution in [0.2, 0.25) is 0 Å². The molecule has 0 radical (unpaired) electrons. The molecule has 0 fully saturated rings. The van der Waals surface area contributed by atoms with Crippen LogP contribution in [0.5, 0.6) is 0 Å². The van der Waals surface area contributed by atoms with Crippen molar-refractivity contribution in [2.75, 3.05) is 4.90 Å². The molecule has 0 spiro atoms. The van der Waals surface area contributed by atoms with Crippen molar-refractivity contribution in [2.24, 2.45) is 0 Å². The third kappa shape index (κ3) is 5.39. The molecule has 3 rings (SSSR count). The maximum absolute atomic E-state index is 8.93. The van der Waals surface area contributed by atoms with Crippen LogP contribution in [0.15, 0.2) is 72.7 Å². The number of hydrogen-bond donors (Lipinski definition) is 0. The van der Waals surface area contributed by atoms with E-state index in [2.05, 4.69) is 65.8 Å². The van der Waals surface area contributed by atoms with Crippen molar-refractivity contribution in [3.63, 3.8) is 0 Å². The first-order valence-electron chi connectivity index (χ1n) is 13.1. The van der Waals surface area contributed by atoms with Crippen LogP contribution in [-0.2, 0) is 16.2 Å². The Morgan fingerprint density at radius 3 is 1.06 bits per heavy atom. The molecule has 0 aliphatic heterocycles. The minimum atomic E-state index is -0.508. The number of benzene rings is 3. The highest BCUT2D eigenvalue weighted by Crippen LogP contribution is 2.37. The zero-order valence-electron chi connectivity index (χ0n) is 24.6. The predicted molar refractivity (Wildman–Crippen MR) is 137 cm³/mol. The van der Waals surface area contributed by atoms with Crippen LogP contribution in [0, 0.1) is 0 Å². The van der Waals surface area contributed by atoms with E-state index in [0.717, 1.165) is 11.4 Å². The summed E-state index contributed by atoms with van der Waals surface area (Å²) in [6.45, 7) is 18.8. The lowest BCUT2D eigenvalue weighted by atomic mass is 9.86. The van der Waals surface area contributed by atoms with Crippen molar-refractivity contribution >= 4 is 17.1 Å². The van der Waals surface area contributed by atoms with E-state index in [0.29, 0.717) is 5.56 Å². The molecular weight excluding hydrogens is 374 g/mol. The van der Waals surface area contributed by atoms with Gasteiger partial charge < -0.3 is 4.90 Å². The Morgan fingerprint density at radius 2 is 0.774 bits per heavy atom. The largest absolute Gasteiger partial charge is 0.311 e. The van der Waals surface area contributed by atoms with Crippen molar-refractivity contribution in [3.05, 3.63) is 89.4 Å². The van der Waals surface area contributed by atoms with Crippen molar-refractivity contribution < 1.29 is 5.48 Å². The van der Waals surface area contributed by atoms with Crippen molar-refractivity contribution in [3.8, 4) is 0 Å². The molecule has 3 aromatic carbocycles. The van der Waals surface area contributed by atoms with Gasteiger partial charge in [-0.25, -0.2) is 0 Å². The zero-order chi connectivity index (χ0) is 26.5. The van der Waals surface area contributed by atoms with Gasteiger partial charge in [0.1, 0.15) is 0 Å². The Kier molecular flexibility index (Phi) is 4.77. The molecule has 0 aliphatic rings. The monoisotopic (exact) mass is 417 g/mol. The van der Waals surface area contributed by atoms with Gasteiger partial charge in [-0.05, 0) is 69.3 Å². The molecule has 0 atom stereocenters. The minimum absolute atomic E-state index is 0.00403. The maximum atomic E-state index is 8.93. The van der Waals surface area contributed by atoms with Gasteiger partial charge in [0.15, 0.2) is 0 Å². The molecule has 0 bridgehead atoms. The molecule has 0 unspecified atom stereocenters. The topological polar surface area (TPSA) is 3.24 Å². The highest BCUT2D eigenvalue weighted by molar-refractivity contribution is 5.77. The van der Waals surface area contributed by atoms with E-state index < -0.39 is 5.41 Å². The first kappa shape index (κ1) is 18.1. The third-order valence-corrected chi connectivity index (χ3v) is 5.57. The van der Waals surface area contributed by atoms with E-state index in [1.807, 2.05) is 49.9 Å². The van der Waals surface area contributed by atoms with Crippen molar-refractivity contribution in [1.29, 1.82) is 0 Å². The summed E-state index contributed by atoms with van der Waals surface area (Å²) in [5, 5.41) is 0.